The molecule has 0 N–H and O–H groups in total. The number of benzene rings is 8. The highest BCUT2D eigenvalue weighted by Crippen LogP contribution is 2.37. The lowest BCUT2D eigenvalue weighted by Gasteiger charge is -2.11. The van der Waals surface area contributed by atoms with Crippen LogP contribution in [0.15, 0.2) is 180 Å². The number of furan rings is 1. The van der Waals surface area contributed by atoms with Crippen molar-refractivity contribution in [1.29, 1.82) is 0 Å². The number of hydrogen-bond donors (Lipinski definition) is 0. The molecule has 0 spiro atoms. The smallest absolute Gasteiger partial charge is 0.164 e. The van der Waals surface area contributed by atoms with Crippen LogP contribution in [0.2, 0.25) is 0 Å². The Morgan fingerprint density at radius 1 is 0.294 bits per heavy atom. The Kier molecular flexibility index (Phi) is 6.78. The van der Waals surface area contributed by atoms with E-state index in [1.54, 1.807) is 0 Å². The number of aromatic nitrogens is 3. The van der Waals surface area contributed by atoms with Gasteiger partial charge < -0.3 is 4.42 Å². The molecule has 0 atom stereocenters. The van der Waals surface area contributed by atoms with Gasteiger partial charge in [0.25, 0.3) is 0 Å². The molecule has 0 amide bonds. The highest BCUT2D eigenvalue weighted by atomic mass is 16.3. The van der Waals surface area contributed by atoms with E-state index in [1.165, 1.54) is 21.9 Å². The first-order valence-corrected chi connectivity index (χ1v) is 17.1. The standard InChI is InChI=1S/C47H29N3O/c1-3-14-36-32(10-1)12-7-17-37(36)34-26-22-30(23-27-34)31-24-28-35(29-25-31)45-48-46(39-18-8-13-33-11-2-4-15-38(33)39)50-47(49-45)41-19-9-21-43-44(41)40-16-5-6-20-42(40)51-43/h1-29H. The second-order valence-corrected chi connectivity index (χ2v) is 12.8. The number of rotatable bonds is 5. The van der Waals surface area contributed by atoms with Gasteiger partial charge in [-0.1, -0.05) is 164 Å². The Hall–Kier alpha value is -6.91. The molecule has 2 aromatic heterocycles. The zero-order valence-corrected chi connectivity index (χ0v) is 27.5. The monoisotopic (exact) mass is 651 g/mol. The molecule has 238 valence electrons. The molecule has 0 radical (unpaired) electrons. The molecular formula is C47H29N3O. The molecule has 0 unspecified atom stereocenters. The normalized spacial score (nSPS) is 11.5. The topological polar surface area (TPSA) is 51.8 Å². The van der Waals surface area contributed by atoms with E-state index in [0.29, 0.717) is 17.5 Å². The summed E-state index contributed by atoms with van der Waals surface area (Å²) in [5, 5.41) is 6.77. The third-order valence-corrected chi connectivity index (χ3v) is 9.77. The lowest BCUT2D eigenvalue weighted by atomic mass is 9.96. The minimum atomic E-state index is 0.605. The fourth-order valence-corrected chi connectivity index (χ4v) is 7.26. The van der Waals surface area contributed by atoms with Crippen molar-refractivity contribution in [3.63, 3.8) is 0 Å². The molecule has 0 aliphatic heterocycles. The lowest BCUT2D eigenvalue weighted by molar-refractivity contribution is 0.669. The molecule has 4 nitrogen and oxygen atoms in total. The van der Waals surface area contributed by atoms with Gasteiger partial charge >= 0.3 is 0 Å². The van der Waals surface area contributed by atoms with Crippen LogP contribution in [0.4, 0.5) is 0 Å². The molecule has 0 aliphatic carbocycles. The summed E-state index contributed by atoms with van der Waals surface area (Å²) in [5.41, 5.74) is 9.14. The fourth-order valence-electron chi connectivity index (χ4n) is 7.26. The third kappa shape index (κ3) is 5.04. The first-order valence-electron chi connectivity index (χ1n) is 17.1. The second kappa shape index (κ2) is 11.9. The minimum Gasteiger partial charge on any atom is -0.456 e. The first-order chi connectivity index (χ1) is 25.3. The number of para-hydroxylation sites is 1. The van der Waals surface area contributed by atoms with Crippen molar-refractivity contribution in [2.75, 3.05) is 0 Å². The van der Waals surface area contributed by atoms with Gasteiger partial charge in [0.1, 0.15) is 11.2 Å². The molecule has 0 saturated heterocycles. The quantitative estimate of drug-likeness (QED) is 0.186. The summed E-state index contributed by atoms with van der Waals surface area (Å²) in [6, 6.07) is 61.1. The molecule has 10 rings (SSSR count). The Balaban J connectivity index is 1.08. The average molecular weight is 652 g/mol. The molecule has 51 heavy (non-hydrogen) atoms. The van der Waals surface area contributed by atoms with Gasteiger partial charge in [-0.15, -0.1) is 0 Å². The van der Waals surface area contributed by atoms with Crippen LogP contribution in [0, 0.1) is 0 Å². The van der Waals surface area contributed by atoms with Crippen molar-refractivity contribution in [1.82, 2.24) is 15.0 Å². The van der Waals surface area contributed by atoms with Crippen LogP contribution < -0.4 is 0 Å². The van der Waals surface area contributed by atoms with Crippen LogP contribution in [0.3, 0.4) is 0 Å². The largest absolute Gasteiger partial charge is 0.456 e. The van der Waals surface area contributed by atoms with E-state index in [9.17, 15) is 0 Å². The van der Waals surface area contributed by atoms with Crippen molar-refractivity contribution in [3.8, 4) is 56.4 Å². The van der Waals surface area contributed by atoms with Gasteiger partial charge in [0.05, 0.1) is 0 Å². The molecule has 2 heterocycles. The van der Waals surface area contributed by atoms with E-state index in [0.717, 1.165) is 60.5 Å². The first kappa shape index (κ1) is 29.0. The van der Waals surface area contributed by atoms with Crippen molar-refractivity contribution < 1.29 is 4.42 Å². The van der Waals surface area contributed by atoms with Gasteiger partial charge in [-0.2, -0.15) is 0 Å². The Labute approximate surface area is 294 Å². The van der Waals surface area contributed by atoms with Crippen molar-refractivity contribution in [2.24, 2.45) is 0 Å². The maximum absolute atomic E-state index is 6.24. The zero-order chi connectivity index (χ0) is 33.7. The van der Waals surface area contributed by atoms with Crippen LogP contribution in [-0.2, 0) is 0 Å². The molecule has 10 aromatic rings. The summed E-state index contributed by atoms with van der Waals surface area (Å²) in [6.07, 6.45) is 0. The molecular weight excluding hydrogens is 623 g/mol. The lowest BCUT2D eigenvalue weighted by Crippen LogP contribution is -2.01. The zero-order valence-electron chi connectivity index (χ0n) is 27.5. The van der Waals surface area contributed by atoms with E-state index >= 15 is 0 Å². The van der Waals surface area contributed by atoms with E-state index in [-0.39, 0.29) is 0 Å². The van der Waals surface area contributed by atoms with Crippen molar-refractivity contribution >= 4 is 43.5 Å². The number of nitrogens with zero attached hydrogens (tertiary/aromatic N) is 3. The predicted molar refractivity (Wildman–Crippen MR) is 209 cm³/mol. The van der Waals surface area contributed by atoms with Gasteiger partial charge in [0.15, 0.2) is 17.5 Å². The van der Waals surface area contributed by atoms with E-state index in [2.05, 4.69) is 146 Å². The molecule has 0 aliphatic rings. The maximum Gasteiger partial charge on any atom is 0.164 e. The maximum atomic E-state index is 6.24. The van der Waals surface area contributed by atoms with Crippen molar-refractivity contribution in [3.05, 3.63) is 176 Å². The third-order valence-electron chi connectivity index (χ3n) is 9.77. The number of hydrogen-bond acceptors (Lipinski definition) is 4. The van der Waals surface area contributed by atoms with E-state index in [4.69, 9.17) is 19.4 Å². The van der Waals surface area contributed by atoms with Crippen LogP contribution in [0.25, 0.3) is 99.9 Å². The Morgan fingerprint density at radius 3 is 1.45 bits per heavy atom. The van der Waals surface area contributed by atoms with Crippen LogP contribution in [0.1, 0.15) is 0 Å². The van der Waals surface area contributed by atoms with Gasteiger partial charge in [-0.25, -0.2) is 15.0 Å². The molecule has 0 fully saturated rings. The van der Waals surface area contributed by atoms with E-state index < -0.39 is 0 Å². The summed E-state index contributed by atoms with van der Waals surface area (Å²) < 4.78 is 6.24. The van der Waals surface area contributed by atoms with Crippen LogP contribution in [-0.4, -0.2) is 15.0 Å². The summed E-state index contributed by atoms with van der Waals surface area (Å²) >= 11 is 0. The average Bonchev–Trinajstić information content (AvgIpc) is 3.59. The molecule has 0 bridgehead atoms. The number of fused-ring (bicyclic) bond motifs is 5. The van der Waals surface area contributed by atoms with E-state index in [1.807, 2.05) is 30.3 Å². The minimum absolute atomic E-state index is 0.605. The summed E-state index contributed by atoms with van der Waals surface area (Å²) in [7, 11) is 0. The molecule has 8 aromatic carbocycles. The summed E-state index contributed by atoms with van der Waals surface area (Å²) in [4.78, 5) is 15.4. The second-order valence-electron chi connectivity index (χ2n) is 12.8. The SMILES string of the molecule is c1ccc2c(-c3ccc(-c4ccc(-c5nc(-c6cccc7ccccc67)nc(-c6cccc7oc8ccccc8c67)n5)cc4)cc3)cccc2c1. The van der Waals surface area contributed by atoms with Crippen molar-refractivity contribution in [2.45, 2.75) is 0 Å². The summed E-state index contributed by atoms with van der Waals surface area (Å²) in [5.74, 6) is 1.85. The highest BCUT2D eigenvalue weighted by Gasteiger charge is 2.18. The predicted octanol–water partition coefficient (Wildman–Crippen LogP) is 12.4. The van der Waals surface area contributed by atoms with Crippen LogP contribution in [0.5, 0.6) is 0 Å². The van der Waals surface area contributed by atoms with Gasteiger partial charge in [0, 0.05) is 27.5 Å². The summed E-state index contributed by atoms with van der Waals surface area (Å²) in [6.45, 7) is 0. The molecule has 4 heteroatoms. The highest BCUT2D eigenvalue weighted by molar-refractivity contribution is 6.12. The van der Waals surface area contributed by atoms with Crippen LogP contribution >= 0.6 is 0 Å². The Bertz CT molecular complexity index is 2900. The molecule has 0 saturated carbocycles. The van der Waals surface area contributed by atoms with Gasteiger partial charge in [0.2, 0.25) is 0 Å². The van der Waals surface area contributed by atoms with Gasteiger partial charge in [-0.05, 0) is 55.9 Å². The van der Waals surface area contributed by atoms with Gasteiger partial charge in [-0.3, -0.25) is 0 Å². The Morgan fingerprint density at radius 2 is 0.745 bits per heavy atom. The fraction of sp³-hybridized carbons (Fsp3) is 0.